The number of amides is 1. The van der Waals surface area contributed by atoms with Gasteiger partial charge in [-0.05, 0) is 43.7 Å². The highest BCUT2D eigenvalue weighted by molar-refractivity contribution is 5.85. The number of halogens is 2. The van der Waals surface area contributed by atoms with Crippen LogP contribution in [0.2, 0.25) is 0 Å². The molecule has 1 fully saturated rings. The zero-order valence-corrected chi connectivity index (χ0v) is 16.1. The Morgan fingerprint density at radius 1 is 1.30 bits per heavy atom. The molecule has 1 aliphatic heterocycles. The topological polar surface area (TPSA) is 76.2 Å². The zero-order valence-electron chi connectivity index (χ0n) is 15.3. The Balaban J connectivity index is 0.00000261. The molecule has 2 aromatic rings. The first kappa shape index (κ1) is 21.3. The van der Waals surface area contributed by atoms with Crippen LogP contribution >= 0.6 is 12.4 Å². The highest BCUT2D eigenvalue weighted by Gasteiger charge is 2.23. The molecule has 27 heavy (non-hydrogen) atoms. The van der Waals surface area contributed by atoms with Crippen molar-refractivity contribution in [3.05, 3.63) is 48.0 Å². The molecule has 1 saturated heterocycles. The third kappa shape index (κ3) is 6.02. The van der Waals surface area contributed by atoms with Crippen LogP contribution in [-0.4, -0.2) is 46.3 Å². The van der Waals surface area contributed by atoms with Gasteiger partial charge in [0.05, 0.1) is 11.9 Å². The van der Waals surface area contributed by atoms with E-state index >= 15 is 0 Å². The number of nitrogens with one attached hydrogen (secondary N) is 1. The molecule has 8 heteroatoms. The Morgan fingerprint density at radius 2 is 2.07 bits per heavy atom. The first-order valence-corrected chi connectivity index (χ1v) is 9.16. The largest absolute Gasteiger partial charge is 0.354 e. The fourth-order valence-corrected chi connectivity index (χ4v) is 3.36. The number of carbonyl (C=O) groups excluding carboxylic acids is 1. The summed E-state index contributed by atoms with van der Waals surface area (Å²) in [5.74, 6) is -0.240. The van der Waals surface area contributed by atoms with Gasteiger partial charge in [-0.3, -0.25) is 9.69 Å². The maximum Gasteiger partial charge on any atom is 0.221 e. The summed E-state index contributed by atoms with van der Waals surface area (Å²) >= 11 is 0. The lowest BCUT2D eigenvalue weighted by atomic mass is 10.0. The van der Waals surface area contributed by atoms with Crippen molar-refractivity contribution in [1.29, 1.82) is 0 Å². The van der Waals surface area contributed by atoms with E-state index < -0.39 is 0 Å². The van der Waals surface area contributed by atoms with E-state index in [9.17, 15) is 9.18 Å². The zero-order chi connectivity index (χ0) is 18.4. The maximum atomic E-state index is 13.1. The van der Waals surface area contributed by atoms with E-state index in [0.29, 0.717) is 25.6 Å². The summed E-state index contributed by atoms with van der Waals surface area (Å²) < 4.78 is 14.8. The van der Waals surface area contributed by atoms with Crippen molar-refractivity contribution in [2.75, 3.05) is 19.6 Å². The summed E-state index contributed by atoms with van der Waals surface area (Å²) in [5, 5.41) is 7.38. The van der Waals surface area contributed by atoms with Crippen molar-refractivity contribution in [2.24, 2.45) is 5.73 Å². The Hall–Kier alpha value is -1.96. The smallest absolute Gasteiger partial charge is 0.221 e. The van der Waals surface area contributed by atoms with Gasteiger partial charge in [-0.2, -0.15) is 5.10 Å². The molecule has 0 bridgehead atoms. The summed E-state index contributed by atoms with van der Waals surface area (Å²) in [4.78, 5) is 14.1. The van der Waals surface area contributed by atoms with E-state index in [1.165, 1.54) is 25.0 Å². The second-order valence-electron chi connectivity index (χ2n) is 6.73. The number of nitrogens with two attached hydrogens (primary N) is 1. The van der Waals surface area contributed by atoms with E-state index in [2.05, 4.69) is 15.3 Å². The van der Waals surface area contributed by atoms with Crippen LogP contribution in [0, 0.1) is 5.82 Å². The standard InChI is InChI=1S/C19H26FN5O.ClH/c20-16-4-6-17(7-5-16)25-14-15(11-23-25)13-24-10-2-1-3-18(24)12-22-19(26)8-9-21;/h4-7,11,14,18H,1-3,8-10,12-13,21H2,(H,22,26);1H. The van der Waals surface area contributed by atoms with Crippen LogP contribution in [0.15, 0.2) is 36.7 Å². The number of carbonyl (C=O) groups is 1. The fourth-order valence-electron chi connectivity index (χ4n) is 3.36. The van der Waals surface area contributed by atoms with E-state index in [4.69, 9.17) is 5.73 Å². The number of aromatic nitrogens is 2. The van der Waals surface area contributed by atoms with Crippen LogP contribution in [0.3, 0.4) is 0 Å². The van der Waals surface area contributed by atoms with Gasteiger partial charge < -0.3 is 11.1 Å². The molecule has 1 aromatic carbocycles. The Labute approximate surface area is 165 Å². The minimum atomic E-state index is -0.256. The van der Waals surface area contributed by atoms with Gasteiger partial charge in [0.2, 0.25) is 5.91 Å². The first-order valence-electron chi connectivity index (χ1n) is 9.16. The van der Waals surface area contributed by atoms with Crippen molar-refractivity contribution in [3.63, 3.8) is 0 Å². The van der Waals surface area contributed by atoms with Crippen molar-refractivity contribution in [1.82, 2.24) is 20.0 Å². The Morgan fingerprint density at radius 3 is 2.81 bits per heavy atom. The first-order chi connectivity index (χ1) is 12.7. The highest BCUT2D eigenvalue weighted by atomic mass is 35.5. The van der Waals surface area contributed by atoms with Crippen LogP contribution in [0.1, 0.15) is 31.2 Å². The second kappa shape index (κ2) is 10.4. The molecule has 3 N–H and O–H groups in total. The lowest BCUT2D eigenvalue weighted by molar-refractivity contribution is -0.121. The second-order valence-corrected chi connectivity index (χ2v) is 6.73. The monoisotopic (exact) mass is 395 g/mol. The molecule has 3 rings (SSSR count). The lowest BCUT2D eigenvalue weighted by Crippen LogP contribution is -2.46. The summed E-state index contributed by atoms with van der Waals surface area (Å²) in [6.07, 6.45) is 7.63. The van der Waals surface area contributed by atoms with Gasteiger partial charge in [-0.25, -0.2) is 9.07 Å². The predicted octanol–water partition coefficient (Wildman–Crippen LogP) is 2.25. The molecule has 148 valence electrons. The molecule has 0 spiro atoms. The number of hydrogen-bond acceptors (Lipinski definition) is 4. The molecule has 0 saturated carbocycles. The van der Waals surface area contributed by atoms with Crippen LogP contribution in [0.25, 0.3) is 5.69 Å². The van der Waals surface area contributed by atoms with Crippen LogP contribution in [0.4, 0.5) is 4.39 Å². The number of nitrogens with zero attached hydrogens (tertiary/aromatic N) is 3. The highest BCUT2D eigenvalue weighted by Crippen LogP contribution is 2.20. The molecular weight excluding hydrogens is 369 g/mol. The van der Waals surface area contributed by atoms with E-state index in [-0.39, 0.29) is 24.1 Å². The number of hydrogen-bond donors (Lipinski definition) is 2. The number of rotatable bonds is 7. The van der Waals surface area contributed by atoms with E-state index in [1.807, 2.05) is 12.4 Å². The maximum absolute atomic E-state index is 13.1. The van der Waals surface area contributed by atoms with Crippen molar-refractivity contribution >= 4 is 18.3 Å². The molecule has 1 amide bonds. The van der Waals surface area contributed by atoms with Gasteiger partial charge >= 0.3 is 0 Å². The molecule has 2 heterocycles. The van der Waals surface area contributed by atoms with Crippen molar-refractivity contribution in [2.45, 2.75) is 38.3 Å². The third-order valence-corrected chi connectivity index (χ3v) is 4.77. The molecule has 0 radical (unpaired) electrons. The molecule has 6 nitrogen and oxygen atoms in total. The summed E-state index contributed by atoms with van der Waals surface area (Å²) in [6.45, 7) is 2.84. The van der Waals surface area contributed by atoms with Gasteiger partial charge in [0.1, 0.15) is 5.82 Å². The van der Waals surface area contributed by atoms with E-state index in [0.717, 1.165) is 30.8 Å². The SMILES string of the molecule is Cl.NCCC(=O)NCC1CCCCN1Cc1cnn(-c2ccc(F)cc2)c1. The number of benzene rings is 1. The van der Waals surface area contributed by atoms with Gasteiger partial charge in [0.25, 0.3) is 0 Å². The Kier molecular flexibility index (Phi) is 8.22. The van der Waals surface area contributed by atoms with Gasteiger partial charge in [-0.15, -0.1) is 12.4 Å². The normalized spacial score (nSPS) is 17.3. The van der Waals surface area contributed by atoms with Crippen molar-refractivity contribution < 1.29 is 9.18 Å². The lowest BCUT2D eigenvalue weighted by Gasteiger charge is -2.35. The van der Waals surface area contributed by atoms with E-state index in [1.54, 1.807) is 16.8 Å². The minimum absolute atomic E-state index is 0. The number of likely N-dealkylation sites (tertiary alicyclic amines) is 1. The van der Waals surface area contributed by atoms with Crippen LogP contribution in [0.5, 0.6) is 0 Å². The Bertz CT molecular complexity index is 721. The fraction of sp³-hybridized carbons (Fsp3) is 0.474. The van der Waals surface area contributed by atoms with Crippen LogP contribution in [-0.2, 0) is 11.3 Å². The van der Waals surface area contributed by atoms with Gasteiger partial charge in [-0.1, -0.05) is 6.42 Å². The van der Waals surface area contributed by atoms with Crippen LogP contribution < -0.4 is 11.1 Å². The van der Waals surface area contributed by atoms with Gasteiger partial charge in [0, 0.05) is 43.9 Å². The predicted molar refractivity (Wildman–Crippen MR) is 106 cm³/mol. The molecule has 1 aliphatic rings. The average molecular weight is 396 g/mol. The summed E-state index contributed by atoms with van der Waals surface area (Å²) in [7, 11) is 0. The average Bonchev–Trinajstić information content (AvgIpc) is 3.10. The van der Waals surface area contributed by atoms with Gasteiger partial charge in [0.15, 0.2) is 0 Å². The number of piperidine rings is 1. The quantitative estimate of drug-likeness (QED) is 0.753. The summed E-state index contributed by atoms with van der Waals surface area (Å²) in [5.41, 5.74) is 7.37. The molecule has 1 aromatic heterocycles. The third-order valence-electron chi connectivity index (χ3n) is 4.77. The van der Waals surface area contributed by atoms with Crippen molar-refractivity contribution in [3.8, 4) is 5.69 Å². The molecule has 1 unspecified atom stereocenters. The minimum Gasteiger partial charge on any atom is -0.354 e. The molecular formula is C19H27ClFN5O. The summed E-state index contributed by atoms with van der Waals surface area (Å²) in [6, 6.07) is 6.62. The molecule has 1 atom stereocenters. The molecule has 0 aliphatic carbocycles.